The summed E-state index contributed by atoms with van der Waals surface area (Å²) in [5.41, 5.74) is 6.07. The van der Waals surface area contributed by atoms with Crippen LogP contribution in [0.5, 0.6) is 0 Å². The molecule has 160 valence electrons. The van der Waals surface area contributed by atoms with Gasteiger partial charge in [-0.1, -0.05) is 39.0 Å². The molecule has 0 saturated heterocycles. The summed E-state index contributed by atoms with van der Waals surface area (Å²) in [6, 6.07) is 10.1. The lowest BCUT2D eigenvalue weighted by atomic mass is 9.87. The van der Waals surface area contributed by atoms with Crippen molar-refractivity contribution in [2.75, 3.05) is 0 Å². The number of fused-ring (bicyclic) bond motifs is 1. The molecule has 1 N–H and O–H groups in total. The van der Waals surface area contributed by atoms with Crippen molar-refractivity contribution in [2.45, 2.75) is 47.1 Å². The molecule has 3 aromatic heterocycles. The fourth-order valence-corrected chi connectivity index (χ4v) is 4.25. The SMILES string of the molecule is Cc1cccc(C)c1-c1cc2c(C(O)CC(C)(C)C)cn(-c3ccnc(Cl)n3)c2cn1. The van der Waals surface area contributed by atoms with E-state index >= 15 is 0 Å². The topological polar surface area (TPSA) is 63.8 Å². The van der Waals surface area contributed by atoms with Crippen LogP contribution in [0.4, 0.5) is 0 Å². The second kappa shape index (κ2) is 8.06. The maximum atomic E-state index is 11.1. The maximum Gasteiger partial charge on any atom is 0.224 e. The third kappa shape index (κ3) is 4.34. The minimum atomic E-state index is -0.616. The quantitative estimate of drug-likeness (QED) is 0.387. The molecular formula is C25H27ClN4O. The number of benzene rings is 1. The molecule has 1 atom stereocenters. The van der Waals surface area contributed by atoms with Crippen LogP contribution in [-0.4, -0.2) is 24.6 Å². The minimum absolute atomic E-state index is 0.0193. The molecule has 0 saturated carbocycles. The first-order valence-electron chi connectivity index (χ1n) is 10.4. The number of aliphatic hydroxyl groups is 1. The Hall–Kier alpha value is -2.76. The lowest BCUT2D eigenvalue weighted by Gasteiger charge is -2.22. The van der Waals surface area contributed by atoms with E-state index in [-0.39, 0.29) is 10.7 Å². The van der Waals surface area contributed by atoms with Gasteiger partial charge in [0.05, 0.1) is 23.5 Å². The van der Waals surface area contributed by atoms with Crippen molar-refractivity contribution < 1.29 is 5.11 Å². The van der Waals surface area contributed by atoms with Gasteiger partial charge in [0.1, 0.15) is 5.82 Å². The van der Waals surface area contributed by atoms with Gasteiger partial charge in [-0.2, -0.15) is 4.98 Å². The second-order valence-corrected chi connectivity index (χ2v) is 9.61. The molecule has 31 heavy (non-hydrogen) atoms. The molecule has 5 nitrogen and oxygen atoms in total. The molecule has 0 aliphatic heterocycles. The van der Waals surface area contributed by atoms with Gasteiger partial charge in [-0.15, -0.1) is 0 Å². The molecule has 0 amide bonds. The fraction of sp³-hybridized carbons (Fsp3) is 0.320. The zero-order chi connectivity index (χ0) is 22.3. The van der Waals surface area contributed by atoms with Gasteiger partial charge in [0.15, 0.2) is 0 Å². The van der Waals surface area contributed by atoms with Crippen LogP contribution in [0.2, 0.25) is 5.28 Å². The Morgan fingerprint density at radius 3 is 2.45 bits per heavy atom. The Labute approximate surface area is 187 Å². The molecule has 0 spiro atoms. The van der Waals surface area contributed by atoms with Crippen LogP contribution in [0.1, 0.15) is 50.0 Å². The van der Waals surface area contributed by atoms with Crippen molar-refractivity contribution in [1.82, 2.24) is 19.5 Å². The Kier molecular flexibility index (Phi) is 5.58. The Bertz CT molecular complexity index is 1240. The average molecular weight is 435 g/mol. The van der Waals surface area contributed by atoms with Crippen molar-refractivity contribution in [3.8, 4) is 17.1 Å². The first-order chi connectivity index (χ1) is 14.6. The van der Waals surface area contributed by atoms with Crippen molar-refractivity contribution in [3.63, 3.8) is 0 Å². The number of rotatable bonds is 4. The average Bonchev–Trinajstić information content (AvgIpc) is 3.06. The van der Waals surface area contributed by atoms with Crippen LogP contribution < -0.4 is 0 Å². The van der Waals surface area contributed by atoms with E-state index in [1.165, 1.54) is 11.1 Å². The van der Waals surface area contributed by atoms with E-state index in [0.717, 1.165) is 27.7 Å². The van der Waals surface area contributed by atoms with E-state index < -0.39 is 6.10 Å². The van der Waals surface area contributed by atoms with Crippen LogP contribution in [0.25, 0.3) is 28.0 Å². The molecule has 0 aliphatic carbocycles. The van der Waals surface area contributed by atoms with Gasteiger partial charge < -0.3 is 5.11 Å². The van der Waals surface area contributed by atoms with Gasteiger partial charge in [-0.25, -0.2) is 4.98 Å². The molecule has 4 aromatic rings. The summed E-state index contributed by atoms with van der Waals surface area (Å²) < 4.78 is 1.92. The van der Waals surface area contributed by atoms with Crippen LogP contribution in [-0.2, 0) is 0 Å². The van der Waals surface area contributed by atoms with Gasteiger partial charge in [-0.05, 0) is 60.5 Å². The fourth-order valence-electron chi connectivity index (χ4n) is 4.11. The summed E-state index contributed by atoms with van der Waals surface area (Å²) >= 11 is 6.04. The Morgan fingerprint density at radius 2 is 1.81 bits per heavy atom. The number of nitrogens with zero attached hydrogens (tertiary/aromatic N) is 4. The van der Waals surface area contributed by atoms with E-state index in [0.29, 0.717) is 12.2 Å². The molecule has 3 heterocycles. The molecule has 0 radical (unpaired) electrons. The predicted octanol–water partition coefficient (Wildman–Crippen LogP) is 6.22. The summed E-state index contributed by atoms with van der Waals surface area (Å²) in [5, 5.41) is 12.3. The normalized spacial score (nSPS) is 13.0. The van der Waals surface area contributed by atoms with E-state index in [4.69, 9.17) is 16.6 Å². The predicted molar refractivity (Wildman–Crippen MR) is 126 cm³/mol. The molecule has 4 rings (SSSR count). The number of hydrogen-bond donors (Lipinski definition) is 1. The summed E-state index contributed by atoms with van der Waals surface area (Å²) in [4.78, 5) is 13.1. The van der Waals surface area contributed by atoms with E-state index in [2.05, 4.69) is 68.9 Å². The highest BCUT2D eigenvalue weighted by atomic mass is 35.5. The Balaban J connectivity index is 1.95. The van der Waals surface area contributed by atoms with Crippen molar-refractivity contribution in [3.05, 3.63) is 70.9 Å². The number of pyridine rings is 1. The summed E-state index contributed by atoms with van der Waals surface area (Å²) in [6.45, 7) is 10.6. The number of aliphatic hydroxyl groups excluding tert-OH is 1. The monoisotopic (exact) mass is 434 g/mol. The summed E-state index contributed by atoms with van der Waals surface area (Å²) in [7, 11) is 0. The molecule has 0 aliphatic rings. The zero-order valence-electron chi connectivity index (χ0n) is 18.5. The molecule has 0 fully saturated rings. The van der Waals surface area contributed by atoms with Crippen LogP contribution in [0.3, 0.4) is 0 Å². The number of aromatic nitrogens is 4. The first-order valence-corrected chi connectivity index (χ1v) is 10.8. The highest BCUT2D eigenvalue weighted by Crippen LogP contribution is 2.37. The Morgan fingerprint density at radius 1 is 1.10 bits per heavy atom. The third-order valence-corrected chi connectivity index (χ3v) is 5.66. The largest absolute Gasteiger partial charge is 0.388 e. The highest BCUT2D eigenvalue weighted by molar-refractivity contribution is 6.28. The highest BCUT2D eigenvalue weighted by Gasteiger charge is 2.23. The second-order valence-electron chi connectivity index (χ2n) is 9.27. The standard InChI is InChI=1S/C25H27ClN4O/c1-15-7-6-8-16(2)23(15)19-11-17-18(21(31)12-25(3,4)5)14-30(20(17)13-28-19)22-9-10-27-24(26)29-22/h6-11,13-14,21,31H,12H2,1-5H3. The smallest absolute Gasteiger partial charge is 0.224 e. The summed E-state index contributed by atoms with van der Waals surface area (Å²) in [6.07, 6.45) is 5.43. The lowest BCUT2D eigenvalue weighted by Crippen LogP contribution is -2.11. The summed E-state index contributed by atoms with van der Waals surface area (Å²) in [5.74, 6) is 0.640. The number of aryl methyl sites for hydroxylation is 2. The van der Waals surface area contributed by atoms with E-state index in [9.17, 15) is 5.11 Å². The number of hydrogen-bond acceptors (Lipinski definition) is 4. The van der Waals surface area contributed by atoms with Crippen molar-refractivity contribution in [2.24, 2.45) is 5.41 Å². The van der Waals surface area contributed by atoms with E-state index in [1.54, 1.807) is 12.3 Å². The van der Waals surface area contributed by atoms with Gasteiger partial charge >= 0.3 is 0 Å². The maximum absolute atomic E-state index is 11.1. The van der Waals surface area contributed by atoms with Gasteiger partial charge in [0, 0.05) is 28.9 Å². The molecule has 6 heteroatoms. The molecule has 1 unspecified atom stereocenters. The van der Waals surface area contributed by atoms with Crippen LogP contribution in [0, 0.1) is 19.3 Å². The zero-order valence-corrected chi connectivity index (χ0v) is 19.3. The molecule has 0 bridgehead atoms. The lowest BCUT2D eigenvalue weighted by molar-refractivity contribution is 0.123. The van der Waals surface area contributed by atoms with Gasteiger partial charge in [0.25, 0.3) is 0 Å². The van der Waals surface area contributed by atoms with Gasteiger partial charge in [0.2, 0.25) is 5.28 Å². The van der Waals surface area contributed by atoms with Gasteiger partial charge in [-0.3, -0.25) is 9.55 Å². The van der Waals surface area contributed by atoms with Crippen LogP contribution >= 0.6 is 11.6 Å². The third-order valence-electron chi connectivity index (χ3n) is 5.48. The molecular weight excluding hydrogens is 408 g/mol. The molecule has 1 aromatic carbocycles. The van der Waals surface area contributed by atoms with Crippen LogP contribution in [0.15, 0.2) is 48.9 Å². The van der Waals surface area contributed by atoms with E-state index in [1.807, 2.05) is 17.0 Å². The first kappa shape index (κ1) is 21.5. The minimum Gasteiger partial charge on any atom is -0.388 e. The van der Waals surface area contributed by atoms with Crippen molar-refractivity contribution in [1.29, 1.82) is 0 Å². The number of halogens is 1. The van der Waals surface area contributed by atoms with Crippen molar-refractivity contribution >= 4 is 22.5 Å².